The van der Waals surface area contributed by atoms with Gasteiger partial charge in [-0.1, -0.05) is 53.5 Å². The molecule has 0 aromatic heterocycles. The summed E-state index contributed by atoms with van der Waals surface area (Å²) in [7, 11) is 0. The van der Waals surface area contributed by atoms with Crippen LogP contribution < -0.4 is 5.43 Å². The van der Waals surface area contributed by atoms with Gasteiger partial charge in [0.15, 0.2) is 0 Å². The first-order chi connectivity index (χ1) is 12.9. The van der Waals surface area contributed by atoms with Crippen LogP contribution in [0.2, 0.25) is 10.0 Å². The van der Waals surface area contributed by atoms with Gasteiger partial charge < -0.3 is 10.0 Å². The van der Waals surface area contributed by atoms with Crippen LogP contribution in [0.5, 0.6) is 5.75 Å². The second-order valence-electron chi connectivity index (χ2n) is 6.20. The van der Waals surface area contributed by atoms with Crippen molar-refractivity contribution in [1.29, 1.82) is 0 Å². The number of carbonyl (C=O) groups excluding carboxylic acids is 2. The third kappa shape index (κ3) is 4.78. The third-order valence-corrected chi connectivity index (χ3v) is 4.78. The maximum atomic E-state index is 12.2. The Labute approximate surface area is 166 Å². The Balaban J connectivity index is 1.56. The van der Waals surface area contributed by atoms with Gasteiger partial charge in [-0.2, -0.15) is 5.10 Å². The van der Waals surface area contributed by atoms with Crippen LogP contribution in [0.1, 0.15) is 23.5 Å². The number of nitrogens with one attached hydrogen (secondary N) is 1. The monoisotopic (exact) mass is 405 g/mol. The van der Waals surface area contributed by atoms with E-state index in [-0.39, 0.29) is 34.7 Å². The summed E-state index contributed by atoms with van der Waals surface area (Å²) in [6.07, 6.45) is 1.62. The SMILES string of the molecule is O=C(CN1CC(c2ccccc2)CC1=O)NN=Cc1cc(Cl)cc(Cl)c1O. The lowest BCUT2D eigenvalue weighted by Gasteiger charge is -2.15. The normalized spacial score (nSPS) is 16.9. The molecule has 1 aliphatic heterocycles. The molecule has 1 atom stereocenters. The topological polar surface area (TPSA) is 82.0 Å². The molecule has 2 aromatic rings. The minimum Gasteiger partial charge on any atom is -0.506 e. The number of likely N-dealkylation sites (tertiary alicyclic amines) is 1. The maximum absolute atomic E-state index is 12.2. The van der Waals surface area contributed by atoms with Gasteiger partial charge in [-0.15, -0.1) is 0 Å². The molecule has 1 fully saturated rings. The first-order valence-electron chi connectivity index (χ1n) is 8.26. The number of nitrogens with zero attached hydrogens (tertiary/aromatic N) is 2. The van der Waals surface area contributed by atoms with Crippen molar-refractivity contribution < 1.29 is 14.7 Å². The van der Waals surface area contributed by atoms with E-state index in [4.69, 9.17) is 23.2 Å². The first kappa shape index (κ1) is 19.2. The standard InChI is InChI=1S/C19H17Cl2N3O3/c20-15-6-13(19(27)16(21)8-15)9-22-23-17(25)11-24-10-14(7-18(24)26)12-4-2-1-3-5-12/h1-6,8-9,14,27H,7,10-11H2,(H,23,25). The molecule has 1 aliphatic rings. The van der Waals surface area contributed by atoms with Crippen molar-refractivity contribution in [3.8, 4) is 5.75 Å². The van der Waals surface area contributed by atoms with E-state index in [0.717, 1.165) is 5.56 Å². The highest BCUT2D eigenvalue weighted by Gasteiger charge is 2.31. The Morgan fingerprint density at radius 1 is 1.30 bits per heavy atom. The van der Waals surface area contributed by atoms with E-state index in [0.29, 0.717) is 18.0 Å². The predicted molar refractivity (Wildman–Crippen MR) is 104 cm³/mol. The molecule has 27 heavy (non-hydrogen) atoms. The van der Waals surface area contributed by atoms with E-state index in [1.165, 1.54) is 23.2 Å². The van der Waals surface area contributed by atoms with Gasteiger partial charge in [0.1, 0.15) is 12.3 Å². The Bertz CT molecular complexity index is 887. The summed E-state index contributed by atoms with van der Waals surface area (Å²) in [5.41, 5.74) is 3.69. The lowest BCUT2D eigenvalue weighted by atomic mass is 9.99. The fraction of sp³-hybridized carbons (Fsp3) is 0.211. The maximum Gasteiger partial charge on any atom is 0.259 e. The van der Waals surface area contributed by atoms with E-state index in [1.807, 2.05) is 30.3 Å². The molecule has 2 aromatic carbocycles. The number of hydrazone groups is 1. The predicted octanol–water partition coefficient (Wildman–Crippen LogP) is 3.17. The molecule has 6 nitrogen and oxygen atoms in total. The van der Waals surface area contributed by atoms with Crippen LogP contribution in [0.3, 0.4) is 0 Å². The Morgan fingerprint density at radius 3 is 2.78 bits per heavy atom. The van der Waals surface area contributed by atoms with E-state index in [2.05, 4.69) is 10.5 Å². The van der Waals surface area contributed by atoms with E-state index in [9.17, 15) is 14.7 Å². The largest absolute Gasteiger partial charge is 0.506 e. The molecule has 3 rings (SSSR count). The van der Waals surface area contributed by atoms with Crippen LogP contribution in [0.15, 0.2) is 47.6 Å². The quantitative estimate of drug-likeness (QED) is 0.591. The number of aromatic hydroxyl groups is 1. The van der Waals surface area contributed by atoms with Gasteiger partial charge in [0.05, 0.1) is 11.2 Å². The molecule has 8 heteroatoms. The van der Waals surface area contributed by atoms with Crippen molar-refractivity contribution in [3.05, 3.63) is 63.6 Å². The summed E-state index contributed by atoms with van der Waals surface area (Å²) in [5.74, 6) is -0.594. The number of hydrogen-bond acceptors (Lipinski definition) is 4. The number of benzene rings is 2. The van der Waals surface area contributed by atoms with Crippen molar-refractivity contribution in [3.63, 3.8) is 0 Å². The number of halogens is 2. The van der Waals surface area contributed by atoms with Crippen LogP contribution in [0.4, 0.5) is 0 Å². The Hall–Kier alpha value is -2.57. The third-order valence-electron chi connectivity index (χ3n) is 4.27. The summed E-state index contributed by atoms with van der Waals surface area (Å²) in [5, 5.41) is 14.1. The van der Waals surface area contributed by atoms with Gasteiger partial charge >= 0.3 is 0 Å². The number of hydrogen-bond donors (Lipinski definition) is 2. The highest BCUT2D eigenvalue weighted by molar-refractivity contribution is 6.36. The summed E-state index contributed by atoms with van der Waals surface area (Å²) >= 11 is 11.7. The Morgan fingerprint density at radius 2 is 2.04 bits per heavy atom. The van der Waals surface area contributed by atoms with Gasteiger partial charge in [0.2, 0.25) is 5.91 Å². The molecular formula is C19H17Cl2N3O3. The minimum atomic E-state index is -0.430. The summed E-state index contributed by atoms with van der Waals surface area (Å²) in [6.45, 7) is 0.409. The van der Waals surface area contributed by atoms with Crippen molar-refractivity contribution in [1.82, 2.24) is 10.3 Å². The Kier molecular flexibility index (Phi) is 5.98. The molecule has 2 amide bonds. The average Bonchev–Trinajstić information content (AvgIpc) is 3.00. The van der Waals surface area contributed by atoms with Gasteiger partial charge in [0.25, 0.3) is 5.91 Å². The van der Waals surface area contributed by atoms with Crippen molar-refractivity contribution >= 4 is 41.2 Å². The first-order valence-corrected chi connectivity index (χ1v) is 9.02. The lowest BCUT2D eigenvalue weighted by Crippen LogP contribution is -2.36. The van der Waals surface area contributed by atoms with Crippen LogP contribution in [0.25, 0.3) is 0 Å². The van der Waals surface area contributed by atoms with Gasteiger partial charge in [-0.05, 0) is 17.7 Å². The molecule has 0 bridgehead atoms. The highest BCUT2D eigenvalue weighted by Crippen LogP contribution is 2.30. The zero-order valence-corrected chi connectivity index (χ0v) is 15.7. The molecule has 0 aliphatic carbocycles. The van der Waals surface area contributed by atoms with Crippen molar-refractivity contribution in [2.75, 3.05) is 13.1 Å². The molecule has 0 spiro atoms. The molecule has 2 N–H and O–H groups in total. The number of rotatable bonds is 5. The number of carbonyl (C=O) groups is 2. The highest BCUT2D eigenvalue weighted by atomic mass is 35.5. The molecular weight excluding hydrogens is 389 g/mol. The van der Waals surface area contributed by atoms with Gasteiger partial charge in [0, 0.05) is 29.5 Å². The van der Waals surface area contributed by atoms with Crippen molar-refractivity contribution in [2.24, 2.45) is 5.10 Å². The van der Waals surface area contributed by atoms with Crippen LogP contribution >= 0.6 is 23.2 Å². The van der Waals surface area contributed by atoms with Crippen LogP contribution in [-0.2, 0) is 9.59 Å². The summed E-state index contributed by atoms with van der Waals surface area (Å²) in [6, 6.07) is 12.6. The molecule has 140 valence electrons. The number of phenols is 1. The molecule has 0 saturated carbocycles. The second kappa shape index (κ2) is 8.41. The fourth-order valence-corrected chi connectivity index (χ4v) is 3.45. The fourth-order valence-electron chi connectivity index (χ4n) is 2.94. The smallest absolute Gasteiger partial charge is 0.259 e. The molecule has 0 radical (unpaired) electrons. The van der Waals surface area contributed by atoms with Gasteiger partial charge in [-0.3, -0.25) is 9.59 Å². The van der Waals surface area contributed by atoms with Crippen LogP contribution in [-0.4, -0.2) is 41.1 Å². The van der Waals surface area contributed by atoms with Crippen LogP contribution in [0, 0.1) is 0 Å². The molecule has 1 unspecified atom stereocenters. The lowest BCUT2D eigenvalue weighted by molar-refractivity contribution is -0.133. The van der Waals surface area contributed by atoms with E-state index < -0.39 is 5.91 Å². The minimum absolute atomic E-state index is 0.0674. The summed E-state index contributed by atoms with van der Waals surface area (Å²) < 4.78 is 0. The van der Waals surface area contributed by atoms with E-state index >= 15 is 0 Å². The second-order valence-corrected chi connectivity index (χ2v) is 7.05. The summed E-state index contributed by atoms with van der Waals surface area (Å²) in [4.78, 5) is 25.7. The number of amides is 2. The van der Waals surface area contributed by atoms with Crippen molar-refractivity contribution in [2.45, 2.75) is 12.3 Å². The molecule has 1 heterocycles. The average molecular weight is 406 g/mol. The van der Waals surface area contributed by atoms with E-state index in [1.54, 1.807) is 0 Å². The molecule has 1 saturated heterocycles. The van der Waals surface area contributed by atoms with Gasteiger partial charge in [-0.25, -0.2) is 5.43 Å². The zero-order chi connectivity index (χ0) is 19.4. The zero-order valence-electron chi connectivity index (χ0n) is 14.2. The number of phenolic OH excluding ortho intramolecular Hbond substituents is 1.